The number of nitrogen functional groups attached to an aromatic ring is 1. The molecule has 2 rings (SSSR count). The lowest BCUT2D eigenvalue weighted by Gasteiger charge is -2.18. The number of sulfonamides is 1. The minimum absolute atomic E-state index is 0.0203. The molecular formula is C12H16N4O2S2. The smallest absolute Gasteiger partial charge is 0.240 e. The highest BCUT2D eigenvalue weighted by atomic mass is 32.2. The van der Waals surface area contributed by atoms with Crippen molar-refractivity contribution in [2.75, 3.05) is 11.1 Å². The monoisotopic (exact) mass is 312 g/mol. The molecule has 0 radical (unpaired) electrons. The number of thiazole rings is 1. The number of primary sulfonamides is 1. The Morgan fingerprint density at radius 3 is 2.75 bits per heavy atom. The summed E-state index contributed by atoms with van der Waals surface area (Å²) in [5.74, 6) is 0. The van der Waals surface area contributed by atoms with Gasteiger partial charge in [-0.3, -0.25) is 0 Å². The number of rotatable bonds is 5. The number of hydrogen-bond acceptors (Lipinski definition) is 6. The number of nitrogens with one attached hydrogen (secondary N) is 1. The molecule has 0 aliphatic heterocycles. The Kier molecular flexibility index (Phi) is 4.26. The van der Waals surface area contributed by atoms with Crippen molar-refractivity contribution >= 4 is 32.7 Å². The van der Waals surface area contributed by atoms with E-state index < -0.39 is 10.0 Å². The van der Waals surface area contributed by atoms with Crippen LogP contribution in [-0.4, -0.2) is 13.4 Å². The second kappa shape index (κ2) is 5.78. The lowest BCUT2D eigenvalue weighted by atomic mass is 10.2. The second-order valence-corrected chi connectivity index (χ2v) is 6.69. The zero-order chi connectivity index (χ0) is 14.8. The van der Waals surface area contributed by atoms with Gasteiger partial charge in [-0.25, -0.2) is 18.5 Å². The summed E-state index contributed by atoms with van der Waals surface area (Å²) in [6.07, 6.45) is 2.53. The molecule has 5 N–H and O–H groups in total. The number of para-hydroxylation sites is 1. The van der Waals surface area contributed by atoms with Crippen molar-refractivity contribution in [3.05, 3.63) is 34.8 Å². The van der Waals surface area contributed by atoms with Crippen LogP contribution in [0, 0.1) is 0 Å². The first kappa shape index (κ1) is 14.8. The van der Waals surface area contributed by atoms with Gasteiger partial charge >= 0.3 is 0 Å². The van der Waals surface area contributed by atoms with Crippen molar-refractivity contribution < 1.29 is 8.42 Å². The summed E-state index contributed by atoms with van der Waals surface area (Å²) in [7, 11) is -3.83. The van der Waals surface area contributed by atoms with Crippen LogP contribution in [0.25, 0.3) is 0 Å². The molecule has 1 atom stereocenters. The van der Waals surface area contributed by atoms with Crippen LogP contribution >= 0.6 is 11.3 Å². The maximum Gasteiger partial charge on any atom is 0.240 e. The fourth-order valence-corrected chi connectivity index (χ4v) is 3.31. The summed E-state index contributed by atoms with van der Waals surface area (Å²) in [5.41, 5.74) is 6.56. The number of anilines is 2. The van der Waals surface area contributed by atoms with Gasteiger partial charge in [-0.05, 0) is 18.6 Å². The van der Waals surface area contributed by atoms with E-state index in [2.05, 4.69) is 10.3 Å². The van der Waals surface area contributed by atoms with Crippen molar-refractivity contribution in [3.8, 4) is 0 Å². The average Bonchev–Trinajstić information content (AvgIpc) is 2.90. The van der Waals surface area contributed by atoms with Gasteiger partial charge in [0, 0.05) is 11.6 Å². The Morgan fingerprint density at radius 2 is 2.20 bits per heavy atom. The molecule has 0 aliphatic rings. The van der Waals surface area contributed by atoms with E-state index in [-0.39, 0.29) is 16.6 Å². The van der Waals surface area contributed by atoms with Gasteiger partial charge in [0.1, 0.15) is 9.90 Å². The van der Waals surface area contributed by atoms with Crippen LogP contribution < -0.4 is 16.2 Å². The molecule has 0 bridgehead atoms. The van der Waals surface area contributed by atoms with Crippen LogP contribution in [0.2, 0.25) is 0 Å². The summed E-state index contributed by atoms with van der Waals surface area (Å²) < 4.78 is 22.9. The fraction of sp³-hybridized carbons (Fsp3) is 0.250. The SMILES string of the molecule is CCC(Nc1cccc(S(N)(=O)=O)c1N)c1nccs1. The number of aromatic nitrogens is 1. The molecule has 0 aliphatic carbocycles. The van der Waals surface area contributed by atoms with E-state index in [4.69, 9.17) is 10.9 Å². The van der Waals surface area contributed by atoms with Crippen molar-refractivity contribution in [1.82, 2.24) is 4.98 Å². The predicted molar refractivity (Wildman–Crippen MR) is 81.0 cm³/mol. The molecular weight excluding hydrogens is 296 g/mol. The Hall–Kier alpha value is -1.64. The van der Waals surface area contributed by atoms with E-state index >= 15 is 0 Å². The van der Waals surface area contributed by atoms with E-state index in [1.807, 2.05) is 12.3 Å². The maximum atomic E-state index is 11.4. The standard InChI is InChI=1S/C12H16N4O2S2/c1-2-8(12-15-6-7-19-12)16-9-4-3-5-10(11(9)13)20(14,17)18/h3-8,16H,2,13H2,1H3,(H2,14,17,18). The number of nitrogens with two attached hydrogens (primary N) is 2. The van der Waals surface area contributed by atoms with Crippen LogP contribution in [0.1, 0.15) is 24.4 Å². The Labute approximate surface area is 121 Å². The fourth-order valence-electron chi connectivity index (χ4n) is 1.85. The molecule has 0 fully saturated rings. The lowest BCUT2D eigenvalue weighted by Crippen LogP contribution is -2.16. The first-order chi connectivity index (χ1) is 9.43. The molecule has 8 heteroatoms. The second-order valence-electron chi connectivity index (χ2n) is 4.24. The molecule has 0 spiro atoms. The first-order valence-corrected chi connectivity index (χ1v) is 8.43. The third kappa shape index (κ3) is 3.09. The summed E-state index contributed by atoms with van der Waals surface area (Å²) in [5, 5.41) is 11.2. The zero-order valence-corrected chi connectivity index (χ0v) is 12.5. The Bertz CT molecular complexity index is 683. The topological polar surface area (TPSA) is 111 Å². The third-order valence-electron chi connectivity index (χ3n) is 2.86. The zero-order valence-electron chi connectivity index (χ0n) is 10.9. The van der Waals surface area contributed by atoms with Crippen LogP contribution in [0.3, 0.4) is 0 Å². The molecule has 1 heterocycles. The largest absolute Gasteiger partial charge is 0.396 e. The molecule has 108 valence electrons. The first-order valence-electron chi connectivity index (χ1n) is 6.00. The molecule has 1 aromatic heterocycles. The summed E-state index contributed by atoms with van der Waals surface area (Å²) >= 11 is 1.53. The summed E-state index contributed by atoms with van der Waals surface area (Å²) in [6, 6.07) is 4.70. The van der Waals surface area contributed by atoms with Gasteiger partial charge in [-0.2, -0.15) is 0 Å². The van der Waals surface area contributed by atoms with Gasteiger partial charge in [0.15, 0.2) is 0 Å². The van der Waals surface area contributed by atoms with Crippen LogP contribution in [0.15, 0.2) is 34.7 Å². The van der Waals surface area contributed by atoms with Crippen molar-refractivity contribution in [2.45, 2.75) is 24.3 Å². The van der Waals surface area contributed by atoms with Gasteiger partial charge < -0.3 is 11.1 Å². The Morgan fingerprint density at radius 1 is 1.45 bits per heavy atom. The highest BCUT2D eigenvalue weighted by Crippen LogP contribution is 2.30. The molecule has 2 aromatic rings. The number of benzene rings is 1. The quantitative estimate of drug-likeness (QED) is 0.731. The van der Waals surface area contributed by atoms with Gasteiger partial charge in [0.2, 0.25) is 10.0 Å². The highest BCUT2D eigenvalue weighted by molar-refractivity contribution is 7.89. The predicted octanol–water partition coefficient (Wildman–Crippen LogP) is 1.94. The number of hydrogen-bond donors (Lipinski definition) is 3. The van der Waals surface area contributed by atoms with Crippen LogP contribution in [0.5, 0.6) is 0 Å². The molecule has 0 saturated carbocycles. The van der Waals surface area contributed by atoms with Crippen molar-refractivity contribution in [2.24, 2.45) is 5.14 Å². The summed E-state index contributed by atoms with van der Waals surface area (Å²) in [4.78, 5) is 4.18. The van der Waals surface area contributed by atoms with E-state index in [0.717, 1.165) is 11.4 Å². The lowest BCUT2D eigenvalue weighted by molar-refractivity contribution is 0.598. The minimum Gasteiger partial charge on any atom is -0.396 e. The maximum absolute atomic E-state index is 11.4. The van der Waals surface area contributed by atoms with Gasteiger partial charge in [0.25, 0.3) is 0 Å². The molecule has 0 amide bonds. The number of nitrogens with zero attached hydrogens (tertiary/aromatic N) is 1. The van der Waals surface area contributed by atoms with E-state index in [1.165, 1.54) is 17.4 Å². The van der Waals surface area contributed by atoms with E-state index in [0.29, 0.717) is 5.69 Å². The van der Waals surface area contributed by atoms with Gasteiger partial charge in [0.05, 0.1) is 17.4 Å². The average molecular weight is 312 g/mol. The molecule has 0 saturated heterocycles. The highest BCUT2D eigenvalue weighted by Gasteiger charge is 2.18. The normalized spacial score (nSPS) is 13.1. The molecule has 1 aromatic carbocycles. The third-order valence-corrected chi connectivity index (χ3v) is 4.72. The minimum atomic E-state index is -3.83. The van der Waals surface area contributed by atoms with Crippen LogP contribution in [-0.2, 0) is 10.0 Å². The van der Waals surface area contributed by atoms with Crippen LogP contribution in [0.4, 0.5) is 11.4 Å². The van der Waals surface area contributed by atoms with Gasteiger partial charge in [-0.15, -0.1) is 11.3 Å². The molecule has 20 heavy (non-hydrogen) atoms. The Balaban J connectivity index is 2.35. The van der Waals surface area contributed by atoms with Gasteiger partial charge in [-0.1, -0.05) is 13.0 Å². The van der Waals surface area contributed by atoms with E-state index in [1.54, 1.807) is 18.3 Å². The molecule has 6 nitrogen and oxygen atoms in total. The van der Waals surface area contributed by atoms with E-state index in [9.17, 15) is 8.42 Å². The van der Waals surface area contributed by atoms with Crippen molar-refractivity contribution in [1.29, 1.82) is 0 Å². The van der Waals surface area contributed by atoms with Crippen molar-refractivity contribution in [3.63, 3.8) is 0 Å². The molecule has 1 unspecified atom stereocenters. The summed E-state index contributed by atoms with van der Waals surface area (Å²) in [6.45, 7) is 2.01.